The third-order valence-corrected chi connectivity index (χ3v) is 6.46. The fourth-order valence-corrected chi connectivity index (χ4v) is 5.15. The lowest BCUT2D eigenvalue weighted by Gasteiger charge is -2.12. The van der Waals surface area contributed by atoms with E-state index in [1.165, 1.54) is 18.4 Å². The van der Waals surface area contributed by atoms with Crippen molar-refractivity contribution >= 4 is 44.1 Å². The van der Waals surface area contributed by atoms with E-state index >= 15 is 0 Å². The molecule has 31 heavy (non-hydrogen) atoms. The zero-order valence-corrected chi connectivity index (χ0v) is 18.3. The van der Waals surface area contributed by atoms with Crippen LogP contribution in [0.2, 0.25) is 0 Å². The van der Waals surface area contributed by atoms with Crippen molar-refractivity contribution in [3.63, 3.8) is 0 Å². The molecule has 4 rings (SSSR count). The largest absolute Gasteiger partial charge is 0.530 e. The van der Waals surface area contributed by atoms with Crippen LogP contribution in [0.3, 0.4) is 0 Å². The van der Waals surface area contributed by atoms with Crippen molar-refractivity contribution in [2.45, 2.75) is 26.8 Å². The Bertz CT molecular complexity index is 1420. The Morgan fingerprint density at radius 3 is 2.55 bits per heavy atom. The van der Waals surface area contributed by atoms with Crippen molar-refractivity contribution in [1.29, 1.82) is 0 Å². The molecular weight excluding hydrogens is 414 g/mol. The highest BCUT2D eigenvalue weighted by molar-refractivity contribution is 7.19. The predicted molar refractivity (Wildman–Crippen MR) is 122 cm³/mol. The minimum atomic E-state index is -1.50. The number of rotatable bonds is 5. The number of carbonyl (C=O) groups excluding carboxylic acids is 1. The quantitative estimate of drug-likeness (QED) is 0.520. The minimum absolute atomic E-state index is 0.166. The third-order valence-electron chi connectivity index (χ3n) is 5.25. The third kappa shape index (κ3) is 3.74. The number of nitrogens with one attached hydrogen (secondary N) is 1. The Balaban J connectivity index is 2.00. The second-order valence-electron chi connectivity index (χ2n) is 7.96. The number of aromatic nitrogens is 2. The molecule has 0 bridgehead atoms. The fourth-order valence-electron chi connectivity index (χ4n) is 3.88. The number of amides is 1. The summed E-state index contributed by atoms with van der Waals surface area (Å²) in [7, 11) is 1.41. The van der Waals surface area contributed by atoms with Crippen LogP contribution in [0.5, 0.6) is 0 Å². The van der Waals surface area contributed by atoms with Crippen LogP contribution in [0.1, 0.15) is 24.3 Å². The molecule has 2 aromatic carbocycles. The van der Waals surface area contributed by atoms with Gasteiger partial charge in [-0.15, -0.1) is 11.3 Å². The molecule has 0 unspecified atom stereocenters. The lowest BCUT2D eigenvalue weighted by molar-refractivity contribution is -0.242. The van der Waals surface area contributed by atoms with E-state index in [1.54, 1.807) is 4.57 Å². The predicted octanol–water partition coefficient (Wildman–Crippen LogP) is 2.92. The molecule has 2 heterocycles. The molecule has 1 N–H and O–H groups in total. The average Bonchev–Trinajstić information content (AvgIpc) is 3.07. The van der Waals surface area contributed by atoms with Crippen LogP contribution in [0.4, 0.5) is 10.5 Å². The number of carboxylic acid groups (broad SMARTS) is 1. The zero-order chi connectivity index (χ0) is 22.3. The summed E-state index contributed by atoms with van der Waals surface area (Å²) in [6.45, 7) is 4.38. The summed E-state index contributed by atoms with van der Waals surface area (Å²) in [5.41, 5.74) is 0.264. The molecule has 2 aromatic heterocycles. The molecule has 0 aliphatic rings. The molecule has 8 heteroatoms. The highest BCUT2D eigenvalue weighted by Gasteiger charge is 2.22. The number of fused-ring (bicyclic) bond motifs is 2. The number of carbonyl (C=O) groups is 1. The number of hydrogen-bond donors (Lipinski definition) is 1. The van der Waals surface area contributed by atoms with Gasteiger partial charge in [0.25, 0.3) is 5.56 Å². The maximum Gasteiger partial charge on any atom is 0.331 e. The highest BCUT2D eigenvalue weighted by Crippen LogP contribution is 2.36. The van der Waals surface area contributed by atoms with Crippen molar-refractivity contribution in [1.82, 2.24) is 9.13 Å². The Labute approximate surface area is 182 Å². The minimum Gasteiger partial charge on any atom is -0.530 e. The monoisotopic (exact) mass is 436 g/mol. The van der Waals surface area contributed by atoms with Crippen LogP contribution in [0.25, 0.3) is 21.0 Å². The van der Waals surface area contributed by atoms with E-state index in [9.17, 15) is 19.5 Å². The van der Waals surface area contributed by atoms with Gasteiger partial charge in [-0.1, -0.05) is 56.3 Å². The van der Waals surface area contributed by atoms with Gasteiger partial charge in [0.2, 0.25) is 0 Å². The van der Waals surface area contributed by atoms with Crippen LogP contribution >= 0.6 is 11.3 Å². The van der Waals surface area contributed by atoms with Crippen molar-refractivity contribution in [3.8, 4) is 0 Å². The topological polar surface area (TPSA) is 96.2 Å². The summed E-state index contributed by atoms with van der Waals surface area (Å²) in [6, 6.07) is 13.9. The van der Waals surface area contributed by atoms with Crippen molar-refractivity contribution in [3.05, 3.63) is 73.7 Å². The molecule has 160 valence electrons. The number of anilines is 1. The molecule has 1 amide bonds. The van der Waals surface area contributed by atoms with Crippen molar-refractivity contribution < 1.29 is 9.90 Å². The van der Waals surface area contributed by atoms with E-state index in [1.807, 2.05) is 56.3 Å². The van der Waals surface area contributed by atoms with E-state index in [-0.39, 0.29) is 17.0 Å². The number of thiophene rings is 1. The van der Waals surface area contributed by atoms with Gasteiger partial charge in [-0.25, -0.2) is 4.79 Å². The second kappa shape index (κ2) is 8.03. The second-order valence-corrected chi connectivity index (χ2v) is 9.04. The van der Waals surface area contributed by atoms with Crippen LogP contribution in [0.15, 0.2) is 52.1 Å². The maximum absolute atomic E-state index is 13.0. The SMILES string of the molecule is CC(C)Cn1c(=O)n(C)c(=O)c2c(NC(=O)[O-])c(Cc3cccc4ccccc34)sc21. The number of benzene rings is 2. The van der Waals surface area contributed by atoms with Gasteiger partial charge >= 0.3 is 5.69 Å². The van der Waals surface area contributed by atoms with Gasteiger partial charge in [0.05, 0.1) is 11.1 Å². The zero-order valence-electron chi connectivity index (χ0n) is 17.5. The van der Waals surface area contributed by atoms with Crippen LogP contribution < -0.4 is 21.7 Å². The van der Waals surface area contributed by atoms with Crippen molar-refractivity contribution in [2.75, 3.05) is 5.32 Å². The molecule has 0 saturated heterocycles. The molecule has 7 nitrogen and oxygen atoms in total. The molecule has 0 aliphatic carbocycles. The number of nitrogens with zero attached hydrogens (tertiary/aromatic N) is 2. The summed E-state index contributed by atoms with van der Waals surface area (Å²) in [5, 5.41) is 16.1. The Hall–Kier alpha value is -3.39. The Morgan fingerprint density at radius 2 is 1.84 bits per heavy atom. The van der Waals surface area contributed by atoms with Gasteiger partial charge in [0.1, 0.15) is 10.9 Å². The molecule has 0 fully saturated rings. The first-order valence-electron chi connectivity index (χ1n) is 9.97. The lowest BCUT2D eigenvalue weighted by atomic mass is 10.0. The van der Waals surface area contributed by atoms with E-state index in [0.29, 0.717) is 22.7 Å². The summed E-state index contributed by atoms with van der Waals surface area (Å²) in [4.78, 5) is 38.4. The average molecular weight is 437 g/mol. The summed E-state index contributed by atoms with van der Waals surface area (Å²) in [5.74, 6) is 0.166. The van der Waals surface area contributed by atoms with E-state index < -0.39 is 17.3 Å². The normalized spacial score (nSPS) is 11.5. The summed E-state index contributed by atoms with van der Waals surface area (Å²) < 4.78 is 2.58. The fraction of sp³-hybridized carbons (Fsp3) is 0.261. The molecule has 0 aliphatic heterocycles. The first kappa shape index (κ1) is 20.9. The standard InChI is InChI=1S/C23H23N3O4S/c1-13(2)12-26-21-18(20(27)25(3)23(26)30)19(24-22(28)29)17(31-21)11-15-9-6-8-14-7-4-5-10-16(14)15/h4-10,13,24H,11-12H2,1-3H3,(H,28,29)/p-1. The van der Waals surface area contributed by atoms with Gasteiger partial charge < -0.3 is 15.2 Å². The first-order valence-corrected chi connectivity index (χ1v) is 10.8. The van der Waals surface area contributed by atoms with E-state index in [2.05, 4.69) is 5.32 Å². The van der Waals surface area contributed by atoms with Gasteiger partial charge in [0, 0.05) is 24.9 Å². The van der Waals surface area contributed by atoms with Crippen molar-refractivity contribution in [2.24, 2.45) is 13.0 Å². The highest BCUT2D eigenvalue weighted by atomic mass is 32.1. The molecule has 4 aromatic rings. The van der Waals surface area contributed by atoms with Gasteiger partial charge in [-0.05, 0) is 22.3 Å². The van der Waals surface area contributed by atoms with Crippen LogP contribution in [-0.4, -0.2) is 15.2 Å². The molecule has 0 radical (unpaired) electrons. The van der Waals surface area contributed by atoms with Gasteiger partial charge in [0.15, 0.2) is 0 Å². The molecule has 0 atom stereocenters. The lowest BCUT2D eigenvalue weighted by Crippen LogP contribution is -2.39. The van der Waals surface area contributed by atoms with E-state index in [0.717, 1.165) is 20.9 Å². The van der Waals surface area contributed by atoms with Crippen LogP contribution in [0, 0.1) is 5.92 Å². The maximum atomic E-state index is 13.0. The first-order chi connectivity index (χ1) is 14.8. The molecular formula is C23H22N3O4S-. The van der Waals surface area contributed by atoms with Gasteiger partial charge in [-0.2, -0.15) is 0 Å². The Kier molecular flexibility index (Phi) is 5.41. The smallest absolute Gasteiger partial charge is 0.331 e. The summed E-state index contributed by atoms with van der Waals surface area (Å²) in [6.07, 6.45) is -1.09. The Morgan fingerprint density at radius 1 is 1.13 bits per heavy atom. The molecule has 0 saturated carbocycles. The van der Waals surface area contributed by atoms with E-state index in [4.69, 9.17) is 0 Å². The number of hydrogen-bond acceptors (Lipinski definition) is 5. The summed E-state index contributed by atoms with van der Waals surface area (Å²) >= 11 is 1.27. The van der Waals surface area contributed by atoms with Gasteiger partial charge in [-0.3, -0.25) is 13.9 Å². The van der Waals surface area contributed by atoms with Crippen LogP contribution in [-0.2, 0) is 20.0 Å². The molecule has 0 spiro atoms.